The zero-order valence-corrected chi connectivity index (χ0v) is 25.0. The van der Waals surface area contributed by atoms with Crippen LogP contribution in [0.3, 0.4) is 0 Å². The van der Waals surface area contributed by atoms with Gasteiger partial charge >= 0.3 is 0 Å². The molecule has 0 heteroatoms. The van der Waals surface area contributed by atoms with Crippen LogP contribution >= 0.6 is 0 Å². The van der Waals surface area contributed by atoms with Crippen LogP contribution in [-0.4, -0.2) is 0 Å². The minimum Gasteiger partial charge on any atom is -0.0616 e. The second-order valence-corrected chi connectivity index (χ2v) is 12.8. The Balaban J connectivity index is 1.40. The van der Waals surface area contributed by atoms with Crippen LogP contribution in [0, 0.1) is 0 Å². The molecule has 0 atom stereocenters. The summed E-state index contributed by atoms with van der Waals surface area (Å²) in [6, 6.07) is 59.2. The second-order valence-electron chi connectivity index (χ2n) is 12.8. The largest absolute Gasteiger partial charge is 0.0616 e. The molecule has 0 nitrogen and oxygen atoms in total. The summed E-state index contributed by atoms with van der Waals surface area (Å²) in [5, 5.41) is 26.1. The molecule has 0 saturated carbocycles. The van der Waals surface area contributed by atoms with Gasteiger partial charge < -0.3 is 0 Å². The van der Waals surface area contributed by atoms with Crippen molar-refractivity contribution in [2.75, 3.05) is 0 Å². The minimum atomic E-state index is 1.28. The summed E-state index contributed by atoms with van der Waals surface area (Å²) < 4.78 is 0. The van der Waals surface area contributed by atoms with E-state index in [1.165, 1.54) is 108 Å². The Hall–Kier alpha value is -5.98. The van der Waals surface area contributed by atoms with Crippen LogP contribution < -0.4 is 0 Å². The van der Waals surface area contributed by atoms with Crippen molar-refractivity contribution >= 4 is 108 Å². The highest BCUT2D eigenvalue weighted by molar-refractivity contribution is 6.36. The Morgan fingerprint density at radius 1 is 0.174 bits per heavy atom. The summed E-state index contributed by atoms with van der Waals surface area (Å²) in [5.74, 6) is 0. The fraction of sp³-hybridized carbons (Fsp3) is 0. The normalized spacial score (nSPS) is 12.3. The SMILES string of the molecule is c1ccc2c(c1)ccc1ccc3ccc4ccc5cc6ccc7ccc8ccc9ccc%10ccccc%10c9c8c7c6cc5c4c3c12. The van der Waals surface area contributed by atoms with Crippen LogP contribution in [0.25, 0.3) is 108 Å². The Morgan fingerprint density at radius 2 is 0.457 bits per heavy atom. The van der Waals surface area contributed by atoms with E-state index in [2.05, 4.69) is 158 Å². The van der Waals surface area contributed by atoms with Crippen molar-refractivity contribution in [3.63, 3.8) is 0 Å². The maximum absolute atomic E-state index is 2.50. The third-order valence-electron chi connectivity index (χ3n) is 10.5. The minimum absolute atomic E-state index is 1.28. The van der Waals surface area contributed by atoms with Gasteiger partial charge in [-0.1, -0.05) is 146 Å². The smallest absolute Gasteiger partial charge is 0.00143 e. The van der Waals surface area contributed by atoms with Crippen molar-refractivity contribution in [1.82, 2.24) is 0 Å². The highest BCUT2D eigenvalue weighted by Gasteiger charge is 2.15. The van der Waals surface area contributed by atoms with E-state index in [0.29, 0.717) is 0 Å². The van der Waals surface area contributed by atoms with Gasteiger partial charge in [-0.2, -0.15) is 0 Å². The summed E-state index contributed by atoms with van der Waals surface area (Å²) in [5.41, 5.74) is 0. The molecule has 0 aliphatic carbocycles. The van der Waals surface area contributed by atoms with Gasteiger partial charge in [0.25, 0.3) is 0 Å². The van der Waals surface area contributed by atoms with Crippen molar-refractivity contribution in [3.05, 3.63) is 158 Å². The van der Waals surface area contributed by atoms with Crippen LogP contribution in [0.15, 0.2) is 158 Å². The molecule has 0 heterocycles. The maximum Gasteiger partial charge on any atom is -0.00143 e. The number of hydrogen-bond acceptors (Lipinski definition) is 0. The van der Waals surface area contributed by atoms with Gasteiger partial charge in [0.2, 0.25) is 0 Å². The molecule has 11 rings (SSSR count). The molecule has 0 fully saturated rings. The molecule has 0 aliphatic rings. The average molecular weight is 579 g/mol. The van der Waals surface area contributed by atoms with E-state index in [4.69, 9.17) is 0 Å². The summed E-state index contributed by atoms with van der Waals surface area (Å²) in [6.07, 6.45) is 0. The molecular formula is C46H26. The fourth-order valence-electron chi connectivity index (χ4n) is 8.42. The zero-order valence-electron chi connectivity index (χ0n) is 25.0. The first-order valence-electron chi connectivity index (χ1n) is 16.1. The number of benzene rings is 11. The molecule has 0 aliphatic heterocycles. The molecule has 0 bridgehead atoms. The van der Waals surface area contributed by atoms with Gasteiger partial charge in [-0.25, -0.2) is 0 Å². The van der Waals surface area contributed by atoms with Crippen LogP contribution in [0.2, 0.25) is 0 Å². The first-order chi connectivity index (χ1) is 22.8. The lowest BCUT2D eigenvalue weighted by molar-refractivity contribution is 1.79. The van der Waals surface area contributed by atoms with E-state index < -0.39 is 0 Å². The highest BCUT2D eigenvalue weighted by atomic mass is 14.2. The van der Waals surface area contributed by atoms with Crippen molar-refractivity contribution in [2.45, 2.75) is 0 Å². The molecule has 210 valence electrons. The molecule has 0 amide bonds. The Bertz CT molecular complexity index is 2890. The molecule has 11 aromatic rings. The summed E-state index contributed by atoms with van der Waals surface area (Å²) in [7, 11) is 0. The van der Waals surface area contributed by atoms with E-state index in [-0.39, 0.29) is 0 Å². The van der Waals surface area contributed by atoms with Crippen molar-refractivity contribution in [2.24, 2.45) is 0 Å². The average Bonchev–Trinajstić information content (AvgIpc) is 3.12. The molecular weight excluding hydrogens is 553 g/mol. The lowest BCUT2D eigenvalue weighted by atomic mass is 9.88. The van der Waals surface area contributed by atoms with E-state index in [1.807, 2.05) is 0 Å². The molecule has 46 heavy (non-hydrogen) atoms. The van der Waals surface area contributed by atoms with Gasteiger partial charge in [0, 0.05) is 0 Å². The van der Waals surface area contributed by atoms with Crippen molar-refractivity contribution in [3.8, 4) is 0 Å². The Kier molecular flexibility index (Phi) is 4.66. The van der Waals surface area contributed by atoms with Gasteiger partial charge in [-0.3, -0.25) is 0 Å². The molecule has 0 saturated heterocycles. The zero-order chi connectivity index (χ0) is 29.9. The Morgan fingerprint density at radius 3 is 0.848 bits per heavy atom. The van der Waals surface area contributed by atoms with Crippen LogP contribution in [-0.2, 0) is 0 Å². The quantitative estimate of drug-likeness (QED) is 0.124. The first kappa shape index (κ1) is 24.4. The van der Waals surface area contributed by atoms with E-state index in [1.54, 1.807) is 0 Å². The number of fused-ring (bicyclic) bond motifs is 18. The van der Waals surface area contributed by atoms with E-state index in [0.717, 1.165) is 0 Å². The third-order valence-corrected chi connectivity index (χ3v) is 10.5. The third kappa shape index (κ3) is 3.18. The van der Waals surface area contributed by atoms with Gasteiger partial charge in [0.05, 0.1) is 0 Å². The molecule has 0 N–H and O–H groups in total. The van der Waals surface area contributed by atoms with Crippen LogP contribution in [0.5, 0.6) is 0 Å². The summed E-state index contributed by atoms with van der Waals surface area (Å²) >= 11 is 0. The predicted octanol–water partition coefficient (Wildman–Crippen LogP) is 13.2. The number of hydrogen-bond donors (Lipinski definition) is 0. The molecule has 0 unspecified atom stereocenters. The number of rotatable bonds is 0. The monoisotopic (exact) mass is 578 g/mol. The van der Waals surface area contributed by atoms with Gasteiger partial charge in [-0.05, 0) is 120 Å². The topological polar surface area (TPSA) is 0 Å². The van der Waals surface area contributed by atoms with Crippen LogP contribution in [0.1, 0.15) is 0 Å². The second kappa shape index (κ2) is 8.81. The van der Waals surface area contributed by atoms with Gasteiger partial charge in [-0.15, -0.1) is 0 Å². The molecule has 0 radical (unpaired) electrons. The maximum atomic E-state index is 2.50. The van der Waals surface area contributed by atoms with Gasteiger partial charge in [0.1, 0.15) is 0 Å². The Labute approximate surface area is 264 Å². The summed E-state index contributed by atoms with van der Waals surface area (Å²) in [6.45, 7) is 0. The molecule has 0 aromatic heterocycles. The lowest BCUT2D eigenvalue weighted by Gasteiger charge is -2.15. The fourth-order valence-corrected chi connectivity index (χ4v) is 8.42. The predicted molar refractivity (Wildman–Crippen MR) is 202 cm³/mol. The standard InChI is InChI=1S/C46H26/c1-3-7-37-27(5-1)9-11-29-13-17-33-19-15-31-21-23-35-25-36-24-22-32-16-20-34-18-14-30-12-10-28-6-2-4-8-38(28)42(30)46(34)44(32)40(36)26-39(35)43(31)45(33)41(29)37/h1-26H. The lowest BCUT2D eigenvalue weighted by Crippen LogP contribution is -1.88. The van der Waals surface area contributed by atoms with Crippen molar-refractivity contribution in [1.29, 1.82) is 0 Å². The summed E-state index contributed by atoms with van der Waals surface area (Å²) in [4.78, 5) is 0. The van der Waals surface area contributed by atoms with E-state index in [9.17, 15) is 0 Å². The van der Waals surface area contributed by atoms with Crippen LogP contribution in [0.4, 0.5) is 0 Å². The van der Waals surface area contributed by atoms with E-state index >= 15 is 0 Å². The van der Waals surface area contributed by atoms with Crippen molar-refractivity contribution < 1.29 is 0 Å². The molecule has 0 spiro atoms. The first-order valence-corrected chi connectivity index (χ1v) is 16.1. The molecule has 11 aromatic carbocycles. The van der Waals surface area contributed by atoms with Gasteiger partial charge in [0.15, 0.2) is 0 Å². The highest BCUT2D eigenvalue weighted by Crippen LogP contribution is 2.43.